The minimum Gasteiger partial charge on any atom is -0.200 e. The summed E-state index contributed by atoms with van der Waals surface area (Å²) in [4.78, 5) is 0. The van der Waals surface area contributed by atoms with Gasteiger partial charge in [-0.05, 0) is 89.1 Å². The average Bonchev–Trinajstić information content (AvgIpc) is 3.14. The van der Waals surface area contributed by atoms with Crippen LogP contribution >= 0.6 is 0 Å². The predicted molar refractivity (Wildman–Crippen MR) is 144 cm³/mol. The molecule has 0 radical (unpaired) electrons. The zero-order chi connectivity index (χ0) is 24.2. The molecule has 0 amide bonds. The van der Waals surface area contributed by atoms with E-state index in [0.717, 1.165) is 12.8 Å². The Kier molecular flexibility index (Phi) is 5.47. The van der Waals surface area contributed by atoms with Crippen LogP contribution in [0.2, 0.25) is 0 Å². The van der Waals surface area contributed by atoms with E-state index in [9.17, 15) is 0 Å². The first-order valence-corrected chi connectivity index (χ1v) is 12.4. The molecule has 0 bridgehead atoms. The smallest absolute Gasteiger partial charge is 0.200 e. The van der Waals surface area contributed by atoms with Gasteiger partial charge < -0.3 is 0 Å². The van der Waals surface area contributed by atoms with Gasteiger partial charge in [0.1, 0.15) is 7.05 Å². The van der Waals surface area contributed by atoms with E-state index in [-0.39, 0.29) is 5.41 Å². The van der Waals surface area contributed by atoms with Crippen LogP contribution in [0.5, 0.6) is 0 Å². The van der Waals surface area contributed by atoms with Crippen LogP contribution in [0.25, 0.3) is 33.5 Å². The van der Waals surface area contributed by atoms with E-state index in [1.807, 2.05) is 0 Å². The van der Waals surface area contributed by atoms with Crippen LogP contribution in [0.3, 0.4) is 0 Å². The highest BCUT2D eigenvalue weighted by Crippen LogP contribution is 2.44. The molecule has 0 unspecified atom stereocenters. The summed E-state index contributed by atoms with van der Waals surface area (Å²) in [5.41, 5.74) is 16.9. The molecule has 0 atom stereocenters. The molecule has 0 spiro atoms. The van der Waals surface area contributed by atoms with Gasteiger partial charge in [0.2, 0.25) is 5.69 Å². The molecule has 1 aliphatic rings. The van der Waals surface area contributed by atoms with Crippen molar-refractivity contribution in [2.75, 3.05) is 0 Å². The molecule has 0 fully saturated rings. The van der Waals surface area contributed by atoms with E-state index < -0.39 is 0 Å². The molecule has 1 nitrogen and oxygen atoms in total. The lowest BCUT2D eigenvalue weighted by Crippen LogP contribution is -2.32. The van der Waals surface area contributed by atoms with Crippen molar-refractivity contribution in [3.8, 4) is 33.5 Å². The fourth-order valence-electron chi connectivity index (χ4n) is 5.77. The maximum absolute atomic E-state index is 2.48. The van der Waals surface area contributed by atoms with Crippen LogP contribution < -0.4 is 4.57 Å². The average molecular weight is 447 g/mol. The first kappa shape index (κ1) is 22.6. The minimum atomic E-state index is 0.204. The number of pyridine rings is 1. The number of nitrogens with zero attached hydrogens (tertiary/aromatic N) is 1. The number of benzene rings is 3. The monoisotopic (exact) mass is 446 g/mol. The van der Waals surface area contributed by atoms with Gasteiger partial charge in [-0.1, -0.05) is 75.4 Å². The first-order chi connectivity index (χ1) is 16.1. The Balaban J connectivity index is 1.75. The number of aryl methyl sites for hydroxylation is 4. The van der Waals surface area contributed by atoms with Crippen LogP contribution in [-0.4, -0.2) is 0 Å². The molecule has 1 aliphatic carbocycles. The van der Waals surface area contributed by atoms with Gasteiger partial charge >= 0.3 is 0 Å². The number of fused-ring (bicyclic) bond motifs is 3. The molecule has 1 aromatic heterocycles. The first-order valence-electron chi connectivity index (χ1n) is 12.4. The maximum atomic E-state index is 2.48. The number of hydrogen-bond acceptors (Lipinski definition) is 0. The Morgan fingerprint density at radius 3 is 2.18 bits per heavy atom. The Labute approximate surface area is 205 Å². The largest absolute Gasteiger partial charge is 0.213 e. The maximum Gasteiger partial charge on any atom is 0.213 e. The quantitative estimate of drug-likeness (QED) is 0.248. The third-order valence-electron chi connectivity index (χ3n) is 7.29. The van der Waals surface area contributed by atoms with Gasteiger partial charge in [0.25, 0.3) is 0 Å². The summed E-state index contributed by atoms with van der Waals surface area (Å²) in [7, 11) is 2.21. The van der Waals surface area contributed by atoms with Crippen molar-refractivity contribution in [1.82, 2.24) is 0 Å². The predicted octanol–water partition coefficient (Wildman–Crippen LogP) is 7.93. The zero-order valence-electron chi connectivity index (χ0n) is 21.7. The normalized spacial score (nSPS) is 12.6. The highest BCUT2D eigenvalue weighted by Gasteiger charge is 2.29. The van der Waals surface area contributed by atoms with Crippen molar-refractivity contribution < 1.29 is 4.57 Å². The van der Waals surface area contributed by atoms with Crippen LogP contribution in [0.15, 0.2) is 66.9 Å². The summed E-state index contributed by atoms with van der Waals surface area (Å²) in [5.74, 6) is 0. The van der Waals surface area contributed by atoms with Crippen molar-refractivity contribution in [2.24, 2.45) is 12.5 Å². The van der Waals surface area contributed by atoms with Crippen molar-refractivity contribution >= 4 is 0 Å². The molecule has 0 N–H and O–H groups in total. The standard InChI is InChI=1S/C33H36N/c1-21-11-8-9-14-26(21)29-20-34(7)30(18-25(29)19-33(4,5)6)32-23(3)15-16-27-28(32)17-24-13-10-12-22(2)31(24)27/h8-16,18,20H,17,19H2,1-7H3/q+1. The van der Waals surface area contributed by atoms with Gasteiger partial charge in [0, 0.05) is 11.6 Å². The number of rotatable bonds is 3. The van der Waals surface area contributed by atoms with E-state index in [1.165, 1.54) is 66.9 Å². The van der Waals surface area contributed by atoms with E-state index in [1.54, 1.807) is 0 Å². The Morgan fingerprint density at radius 1 is 0.735 bits per heavy atom. The van der Waals surface area contributed by atoms with Gasteiger partial charge in [-0.15, -0.1) is 0 Å². The fraction of sp³-hybridized carbons (Fsp3) is 0.303. The minimum absolute atomic E-state index is 0.204. The topological polar surface area (TPSA) is 3.88 Å². The Bertz CT molecular complexity index is 1420. The fourth-order valence-corrected chi connectivity index (χ4v) is 5.77. The van der Waals surface area contributed by atoms with Crippen molar-refractivity contribution in [3.63, 3.8) is 0 Å². The van der Waals surface area contributed by atoms with Gasteiger partial charge in [-0.2, -0.15) is 0 Å². The third kappa shape index (κ3) is 3.88. The van der Waals surface area contributed by atoms with Gasteiger partial charge in [-0.25, -0.2) is 4.57 Å². The number of hydrogen-bond donors (Lipinski definition) is 0. The van der Waals surface area contributed by atoms with E-state index in [0.29, 0.717) is 0 Å². The SMILES string of the molecule is Cc1ccccc1-c1c[n+](C)c(-c2c(C)ccc3c2Cc2cccc(C)c2-3)cc1CC(C)(C)C. The molecule has 4 aromatic rings. The van der Waals surface area contributed by atoms with Gasteiger partial charge in [-0.3, -0.25) is 0 Å². The van der Waals surface area contributed by atoms with Crippen LogP contribution in [0.4, 0.5) is 0 Å². The molecule has 5 rings (SSSR count). The Morgan fingerprint density at radius 2 is 1.44 bits per heavy atom. The Hall–Kier alpha value is -3.19. The van der Waals surface area contributed by atoms with Crippen molar-refractivity contribution in [2.45, 2.75) is 54.4 Å². The van der Waals surface area contributed by atoms with Gasteiger partial charge in [0.05, 0.1) is 5.56 Å². The second kappa shape index (κ2) is 8.24. The summed E-state index contributed by atoms with van der Waals surface area (Å²) >= 11 is 0. The van der Waals surface area contributed by atoms with E-state index in [2.05, 4.69) is 120 Å². The summed E-state index contributed by atoms with van der Waals surface area (Å²) in [6.45, 7) is 13.7. The molecular weight excluding hydrogens is 410 g/mol. The molecular formula is C33H36N+. The van der Waals surface area contributed by atoms with Crippen LogP contribution in [-0.2, 0) is 19.9 Å². The third-order valence-corrected chi connectivity index (χ3v) is 7.29. The molecule has 0 saturated carbocycles. The van der Waals surface area contributed by atoms with Crippen molar-refractivity contribution in [3.05, 3.63) is 100 Å². The van der Waals surface area contributed by atoms with E-state index in [4.69, 9.17) is 0 Å². The molecule has 0 saturated heterocycles. The lowest BCUT2D eigenvalue weighted by Gasteiger charge is -2.22. The molecule has 1 heterocycles. The van der Waals surface area contributed by atoms with E-state index >= 15 is 0 Å². The second-order valence-electron chi connectivity index (χ2n) is 11.3. The second-order valence-corrected chi connectivity index (χ2v) is 11.3. The summed E-state index contributed by atoms with van der Waals surface area (Å²) in [6.07, 6.45) is 4.42. The molecule has 1 heteroatoms. The molecule has 0 aliphatic heterocycles. The van der Waals surface area contributed by atoms with Crippen LogP contribution in [0, 0.1) is 26.2 Å². The summed E-state index contributed by atoms with van der Waals surface area (Å²) in [6, 6.07) is 22.6. The lowest BCUT2D eigenvalue weighted by molar-refractivity contribution is -0.660. The zero-order valence-corrected chi connectivity index (χ0v) is 21.7. The van der Waals surface area contributed by atoms with Crippen molar-refractivity contribution in [1.29, 1.82) is 0 Å². The molecule has 172 valence electrons. The lowest BCUT2D eigenvalue weighted by atomic mass is 9.83. The highest BCUT2D eigenvalue weighted by molar-refractivity contribution is 5.87. The number of aromatic nitrogens is 1. The van der Waals surface area contributed by atoms with Gasteiger partial charge in [0.15, 0.2) is 6.20 Å². The molecule has 3 aromatic carbocycles. The highest BCUT2D eigenvalue weighted by atomic mass is 14.9. The molecule has 34 heavy (non-hydrogen) atoms. The summed E-state index contributed by atoms with van der Waals surface area (Å²) in [5, 5.41) is 0. The summed E-state index contributed by atoms with van der Waals surface area (Å²) < 4.78 is 2.35. The van der Waals surface area contributed by atoms with Crippen LogP contribution in [0.1, 0.15) is 54.2 Å².